The average Bonchev–Trinajstić information content (AvgIpc) is 2.14. The fraction of sp³-hybridized carbons (Fsp3) is 0.889. The number of carbonyl (C=O) groups excluding carboxylic acids is 1. The Hall–Kier alpha value is -0.220. The van der Waals surface area contributed by atoms with Crippen LogP contribution in [0.3, 0.4) is 0 Å². The van der Waals surface area contributed by atoms with Gasteiger partial charge in [-0.05, 0) is 37.8 Å². The van der Waals surface area contributed by atoms with Crippen molar-refractivity contribution in [1.29, 1.82) is 0 Å². The summed E-state index contributed by atoms with van der Waals surface area (Å²) in [6, 6.07) is 0. The zero-order valence-electron chi connectivity index (χ0n) is 7.75. The number of thiol groups is 1. The van der Waals surface area contributed by atoms with Crippen LogP contribution in [0.5, 0.6) is 0 Å². The third-order valence-corrected chi connectivity index (χ3v) is 3.76. The van der Waals surface area contributed by atoms with E-state index in [4.69, 9.17) is 0 Å². The highest BCUT2D eigenvalue weighted by atomic mass is 32.1. The Labute approximate surface area is 84.4 Å². The van der Waals surface area contributed by atoms with Gasteiger partial charge in [0.15, 0.2) is 0 Å². The molecule has 4 heteroatoms. The van der Waals surface area contributed by atoms with Crippen molar-refractivity contribution < 1.29 is 4.79 Å². The summed E-state index contributed by atoms with van der Waals surface area (Å²) in [6.45, 7) is 2.96. The first-order valence-corrected chi connectivity index (χ1v) is 5.32. The first-order chi connectivity index (χ1) is 6.22. The number of piperidine rings is 2. The van der Waals surface area contributed by atoms with Crippen molar-refractivity contribution in [2.45, 2.75) is 25.7 Å². The van der Waals surface area contributed by atoms with Gasteiger partial charge in [-0.2, -0.15) is 0 Å². The predicted octanol–water partition coefficient (Wildman–Crippen LogP) is 0.823. The summed E-state index contributed by atoms with van der Waals surface area (Å²) in [5.41, 5.74) is 0.307. The number of nitrogens with one attached hydrogen (secondary N) is 1. The largest absolute Gasteiger partial charge is 0.317 e. The molecule has 13 heavy (non-hydrogen) atoms. The summed E-state index contributed by atoms with van der Waals surface area (Å²) in [6.07, 6.45) is 4.14. The molecular formula is C9H16N2OS. The summed E-state index contributed by atoms with van der Waals surface area (Å²) in [7, 11) is 0. The lowest BCUT2D eigenvalue weighted by Crippen LogP contribution is -2.45. The quantitative estimate of drug-likeness (QED) is 0.568. The molecule has 2 heterocycles. The molecule has 1 amide bonds. The minimum absolute atomic E-state index is 0.205. The molecule has 0 aromatic rings. The molecule has 2 aliphatic rings. The SMILES string of the molecule is O=C1CC2(CCNCC2)CCN1S. The van der Waals surface area contributed by atoms with Crippen LogP contribution in [0.1, 0.15) is 25.7 Å². The maximum Gasteiger partial charge on any atom is 0.232 e. The molecular weight excluding hydrogens is 184 g/mol. The minimum Gasteiger partial charge on any atom is -0.317 e. The molecule has 0 saturated carbocycles. The highest BCUT2D eigenvalue weighted by Gasteiger charge is 2.38. The van der Waals surface area contributed by atoms with Gasteiger partial charge in [0.1, 0.15) is 0 Å². The molecule has 0 aliphatic carbocycles. The maximum atomic E-state index is 11.5. The van der Waals surface area contributed by atoms with Gasteiger partial charge >= 0.3 is 0 Å². The van der Waals surface area contributed by atoms with E-state index in [1.807, 2.05) is 0 Å². The number of carbonyl (C=O) groups is 1. The van der Waals surface area contributed by atoms with E-state index in [9.17, 15) is 4.79 Å². The topological polar surface area (TPSA) is 32.3 Å². The van der Waals surface area contributed by atoms with E-state index in [0.717, 1.165) is 38.9 Å². The molecule has 2 rings (SSSR count). The fourth-order valence-electron chi connectivity index (χ4n) is 2.35. The second kappa shape index (κ2) is 3.50. The summed E-state index contributed by atoms with van der Waals surface area (Å²) in [5.74, 6) is 0.205. The highest BCUT2D eigenvalue weighted by Crippen LogP contribution is 2.40. The van der Waals surface area contributed by atoms with Gasteiger partial charge in [-0.15, -0.1) is 0 Å². The van der Waals surface area contributed by atoms with Gasteiger partial charge in [-0.1, -0.05) is 12.8 Å². The molecule has 2 aliphatic heterocycles. The van der Waals surface area contributed by atoms with Gasteiger partial charge in [0.25, 0.3) is 0 Å². The predicted molar refractivity (Wildman–Crippen MR) is 54.5 cm³/mol. The first kappa shape index (κ1) is 9.34. The van der Waals surface area contributed by atoms with Gasteiger partial charge in [0.2, 0.25) is 5.91 Å². The van der Waals surface area contributed by atoms with Crippen LogP contribution in [0.25, 0.3) is 0 Å². The second-order valence-corrected chi connectivity index (χ2v) is 4.68. The highest BCUT2D eigenvalue weighted by molar-refractivity contribution is 7.78. The van der Waals surface area contributed by atoms with Crippen LogP contribution < -0.4 is 5.32 Å². The van der Waals surface area contributed by atoms with Gasteiger partial charge in [-0.25, -0.2) is 0 Å². The smallest absolute Gasteiger partial charge is 0.232 e. The molecule has 0 unspecified atom stereocenters. The Morgan fingerprint density at radius 2 is 2.00 bits per heavy atom. The lowest BCUT2D eigenvalue weighted by Gasteiger charge is -2.42. The van der Waals surface area contributed by atoms with E-state index in [1.54, 1.807) is 4.31 Å². The van der Waals surface area contributed by atoms with E-state index < -0.39 is 0 Å². The molecule has 3 nitrogen and oxygen atoms in total. The van der Waals surface area contributed by atoms with E-state index in [0.29, 0.717) is 11.8 Å². The van der Waals surface area contributed by atoms with Crippen molar-refractivity contribution in [2.24, 2.45) is 5.41 Å². The third-order valence-electron chi connectivity index (χ3n) is 3.33. The molecule has 1 N–H and O–H groups in total. The number of amides is 1. The van der Waals surface area contributed by atoms with Crippen molar-refractivity contribution in [3.8, 4) is 0 Å². The Balaban J connectivity index is 2.03. The van der Waals surface area contributed by atoms with E-state index >= 15 is 0 Å². The molecule has 74 valence electrons. The summed E-state index contributed by atoms with van der Waals surface area (Å²) >= 11 is 4.13. The second-order valence-electron chi connectivity index (χ2n) is 4.19. The van der Waals surface area contributed by atoms with Crippen molar-refractivity contribution in [3.63, 3.8) is 0 Å². The van der Waals surface area contributed by atoms with Crippen LogP contribution in [0, 0.1) is 5.41 Å². The Morgan fingerprint density at radius 3 is 2.62 bits per heavy atom. The molecule has 0 radical (unpaired) electrons. The Kier molecular flexibility index (Phi) is 2.51. The fourth-order valence-corrected chi connectivity index (χ4v) is 2.52. The molecule has 2 saturated heterocycles. The molecule has 0 bridgehead atoms. The average molecular weight is 200 g/mol. The van der Waals surface area contributed by atoms with Crippen LogP contribution >= 0.6 is 12.8 Å². The first-order valence-electron chi connectivity index (χ1n) is 4.92. The normalized spacial score (nSPS) is 28.1. The summed E-state index contributed by atoms with van der Waals surface area (Å²) in [5, 5.41) is 3.34. The Bertz CT molecular complexity index is 214. The van der Waals surface area contributed by atoms with Crippen molar-refractivity contribution >= 4 is 18.7 Å². The van der Waals surface area contributed by atoms with Gasteiger partial charge in [0.05, 0.1) is 0 Å². The van der Waals surface area contributed by atoms with Gasteiger partial charge in [0, 0.05) is 13.0 Å². The third kappa shape index (κ3) is 1.83. The molecule has 1 spiro atoms. The summed E-state index contributed by atoms with van der Waals surface area (Å²) < 4.78 is 1.56. The number of hydrogen-bond acceptors (Lipinski definition) is 3. The minimum atomic E-state index is 0.205. The number of nitrogens with zero attached hydrogens (tertiary/aromatic N) is 1. The van der Waals surface area contributed by atoms with Crippen LogP contribution in [0.4, 0.5) is 0 Å². The van der Waals surface area contributed by atoms with Crippen LogP contribution in [-0.4, -0.2) is 29.8 Å². The monoisotopic (exact) mass is 200 g/mol. The van der Waals surface area contributed by atoms with Crippen molar-refractivity contribution in [1.82, 2.24) is 9.62 Å². The standard InChI is InChI=1S/C9H16N2OS/c12-8-7-9(3-6-11(8)13)1-4-10-5-2-9/h10,13H,1-7H2. The van der Waals surface area contributed by atoms with Crippen LogP contribution in [0.2, 0.25) is 0 Å². The number of rotatable bonds is 0. The molecule has 0 aromatic carbocycles. The van der Waals surface area contributed by atoms with Crippen molar-refractivity contribution in [3.05, 3.63) is 0 Å². The van der Waals surface area contributed by atoms with E-state index in [-0.39, 0.29) is 5.91 Å². The zero-order chi connectivity index (χ0) is 9.31. The molecule has 0 atom stereocenters. The zero-order valence-corrected chi connectivity index (χ0v) is 8.65. The lowest BCUT2D eigenvalue weighted by molar-refractivity contribution is -0.132. The van der Waals surface area contributed by atoms with E-state index in [2.05, 4.69) is 18.1 Å². The maximum absolute atomic E-state index is 11.5. The van der Waals surface area contributed by atoms with Gasteiger partial charge in [-0.3, -0.25) is 9.10 Å². The summed E-state index contributed by atoms with van der Waals surface area (Å²) in [4.78, 5) is 11.5. The molecule has 0 aromatic heterocycles. The van der Waals surface area contributed by atoms with E-state index in [1.165, 1.54) is 0 Å². The van der Waals surface area contributed by atoms with Crippen LogP contribution in [-0.2, 0) is 4.79 Å². The molecule has 2 fully saturated rings. The Morgan fingerprint density at radius 1 is 1.31 bits per heavy atom. The number of hydrogen-bond donors (Lipinski definition) is 2. The van der Waals surface area contributed by atoms with Crippen LogP contribution in [0.15, 0.2) is 0 Å². The van der Waals surface area contributed by atoms with Crippen molar-refractivity contribution in [2.75, 3.05) is 19.6 Å². The van der Waals surface area contributed by atoms with Gasteiger partial charge < -0.3 is 5.32 Å². The lowest BCUT2D eigenvalue weighted by atomic mass is 9.72.